The smallest absolute Gasteiger partial charge is 0.335 e. The Balaban J connectivity index is 1.42. The molecular formula is C32H40N2O6S. The Bertz CT molecular complexity index is 1490. The maximum absolute atomic E-state index is 13.6. The van der Waals surface area contributed by atoms with E-state index < -0.39 is 22.1 Å². The van der Waals surface area contributed by atoms with Crippen molar-refractivity contribution in [2.45, 2.75) is 56.6 Å². The summed E-state index contributed by atoms with van der Waals surface area (Å²) in [6.07, 6.45) is 2.12. The number of nitrogens with zero attached hydrogens (tertiary/aromatic N) is 1. The summed E-state index contributed by atoms with van der Waals surface area (Å²) in [5.74, 6) is -0.307. The zero-order valence-corrected chi connectivity index (χ0v) is 25.2. The largest absolute Gasteiger partial charge is 0.495 e. The second-order valence-electron chi connectivity index (χ2n) is 11.7. The van der Waals surface area contributed by atoms with E-state index in [0.717, 1.165) is 23.6 Å². The van der Waals surface area contributed by atoms with Gasteiger partial charge in [0, 0.05) is 25.7 Å². The molecule has 9 heteroatoms. The number of fused-ring (bicyclic) bond motifs is 1. The van der Waals surface area contributed by atoms with Gasteiger partial charge in [-0.3, -0.25) is 0 Å². The molecule has 0 aliphatic heterocycles. The van der Waals surface area contributed by atoms with E-state index in [9.17, 15) is 23.4 Å². The summed E-state index contributed by atoms with van der Waals surface area (Å²) in [6.45, 7) is 6.08. The van der Waals surface area contributed by atoms with E-state index in [-0.39, 0.29) is 34.8 Å². The van der Waals surface area contributed by atoms with Crippen molar-refractivity contribution in [3.63, 3.8) is 0 Å². The molecule has 3 N–H and O–H groups in total. The van der Waals surface area contributed by atoms with Crippen molar-refractivity contribution < 1.29 is 28.2 Å². The quantitative estimate of drug-likeness (QED) is 0.288. The number of hydrogen-bond acceptors (Lipinski definition) is 6. The average Bonchev–Trinajstić information content (AvgIpc) is 3.32. The lowest BCUT2D eigenvalue weighted by Crippen LogP contribution is -2.47. The fraction of sp³-hybridized carbons (Fsp3) is 0.406. The third-order valence-corrected chi connectivity index (χ3v) is 9.71. The first-order valence-electron chi connectivity index (χ1n) is 13.8. The van der Waals surface area contributed by atoms with E-state index in [1.54, 1.807) is 31.2 Å². The molecule has 0 saturated carbocycles. The molecule has 1 aliphatic carbocycles. The Kier molecular flexibility index (Phi) is 9.23. The van der Waals surface area contributed by atoms with Gasteiger partial charge in [0.25, 0.3) is 0 Å². The Hall–Kier alpha value is -3.24. The number of sulfonamides is 1. The zero-order valence-electron chi connectivity index (χ0n) is 24.3. The molecule has 0 spiro atoms. The van der Waals surface area contributed by atoms with Gasteiger partial charge in [-0.25, -0.2) is 13.2 Å². The van der Waals surface area contributed by atoms with Crippen LogP contribution >= 0.6 is 0 Å². The number of aromatic carboxylic acids is 1. The number of ether oxygens (including phenoxy) is 1. The molecular weight excluding hydrogens is 540 g/mol. The van der Waals surface area contributed by atoms with Crippen LogP contribution in [0, 0.1) is 12.8 Å². The Morgan fingerprint density at radius 2 is 1.68 bits per heavy atom. The predicted octanol–water partition coefficient (Wildman–Crippen LogP) is 4.52. The number of aliphatic hydroxyl groups is 1. The number of likely N-dealkylation sites (N-methyl/N-ethyl adjacent to an activating group) is 1. The van der Waals surface area contributed by atoms with Gasteiger partial charge in [-0.2, -0.15) is 4.31 Å². The number of hydrogen-bond donors (Lipinski definition) is 3. The molecule has 1 aliphatic rings. The highest BCUT2D eigenvalue weighted by atomic mass is 32.2. The number of aliphatic hydroxyl groups excluding tert-OH is 1. The normalized spacial score (nSPS) is 14.7. The van der Waals surface area contributed by atoms with E-state index >= 15 is 0 Å². The van der Waals surface area contributed by atoms with Crippen LogP contribution in [0.4, 0.5) is 0 Å². The lowest BCUT2D eigenvalue weighted by atomic mass is 9.88. The number of nitrogens with one attached hydrogen (secondary N) is 1. The summed E-state index contributed by atoms with van der Waals surface area (Å²) in [5, 5.41) is 23.6. The minimum atomic E-state index is -4.02. The number of carboxylic acids is 1. The molecule has 4 rings (SSSR count). The first-order chi connectivity index (χ1) is 19.3. The van der Waals surface area contributed by atoms with Gasteiger partial charge >= 0.3 is 5.97 Å². The Morgan fingerprint density at radius 1 is 1.07 bits per heavy atom. The highest BCUT2D eigenvalue weighted by Gasteiger charge is 2.30. The van der Waals surface area contributed by atoms with Crippen molar-refractivity contribution in [3.05, 3.63) is 82.9 Å². The lowest BCUT2D eigenvalue weighted by molar-refractivity contribution is 0.0696. The van der Waals surface area contributed by atoms with E-state index in [1.807, 2.05) is 0 Å². The molecule has 0 amide bonds. The number of rotatable bonds is 12. The van der Waals surface area contributed by atoms with E-state index in [1.165, 1.54) is 37.4 Å². The minimum Gasteiger partial charge on any atom is -0.495 e. The molecule has 1 unspecified atom stereocenters. The van der Waals surface area contributed by atoms with Crippen LogP contribution in [0.15, 0.2) is 65.6 Å². The number of carboxylic acid groups (broad SMARTS) is 1. The van der Waals surface area contributed by atoms with E-state index in [4.69, 9.17) is 4.74 Å². The fourth-order valence-electron chi connectivity index (χ4n) is 5.75. The van der Waals surface area contributed by atoms with Crippen molar-refractivity contribution in [1.82, 2.24) is 9.62 Å². The van der Waals surface area contributed by atoms with Crippen LogP contribution in [0.3, 0.4) is 0 Å². The molecule has 8 nitrogen and oxygen atoms in total. The molecule has 1 atom stereocenters. The molecule has 3 aromatic carbocycles. The second kappa shape index (κ2) is 12.3. The van der Waals surface area contributed by atoms with Crippen LogP contribution in [-0.2, 0) is 22.9 Å². The molecule has 220 valence electrons. The summed E-state index contributed by atoms with van der Waals surface area (Å²) < 4.78 is 33.7. The summed E-state index contributed by atoms with van der Waals surface area (Å²) in [4.78, 5) is 11.4. The number of methoxy groups -OCH3 is 1. The summed E-state index contributed by atoms with van der Waals surface area (Å²) in [7, 11) is -1.17. The Labute approximate surface area is 243 Å². The van der Waals surface area contributed by atoms with Crippen LogP contribution in [0.25, 0.3) is 11.1 Å². The van der Waals surface area contributed by atoms with Gasteiger partial charge in [-0.1, -0.05) is 42.5 Å². The van der Waals surface area contributed by atoms with Gasteiger partial charge in [0.15, 0.2) is 0 Å². The highest BCUT2D eigenvalue weighted by Crippen LogP contribution is 2.33. The summed E-state index contributed by atoms with van der Waals surface area (Å²) in [6, 6.07) is 18.3. The minimum absolute atomic E-state index is 0.0266. The van der Waals surface area contributed by atoms with Crippen molar-refractivity contribution in [1.29, 1.82) is 0 Å². The topological polar surface area (TPSA) is 116 Å². The van der Waals surface area contributed by atoms with Crippen molar-refractivity contribution in [2.75, 3.05) is 27.2 Å². The first-order valence-corrected chi connectivity index (χ1v) is 15.2. The van der Waals surface area contributed by atoms with Crippen LogP contribution in [0.1, 0.15) is 47.3 Å². The maximum atomic E-state index is 13.6. The highest BCUT2D eigenvalue weighted by molar-refractivity contribution is 7.89. The SMILES string of the molecule is COc1ccc(-c2ccc(C(=O)O)c(C)c2)cc1S(=O)(=O)N(C)CC(O)CNC(C)(C)CC1Cc2ccccc2C1. The standard InChI is InChI=1S/C32H40N2O6S/c1-21-14-25(10-12-28(21)31(36)37)26-11-13-29(40-5)30(17-26)41(38,39)34(4)20-27(35)19-33-32(2,3)18-22-15-23-8-6-7-9-24(23)16-22/h6-14,17,22,27,33,35H,15-16,18-20H2,1-5H3,(H,36,37). The lowest BCUT2D eigenvalue weighted by Gasteiger charge is -2.31. The van der Waals surface area contributed by atoms with Gasteiger partial charge in [0.1, 0.15) is 10.6 Å². The van der Waals surface area contributed by atoms with E-state index in [2.05, 4.69) is 43.4 Å². The number of benzene rings is 3. The fourth-order valence-corrected chi connectivity index (χ4v) is 7.14. The van der Waals surface area contributed by atoms with E-state index in [0.29, 0.717) is 22.6 Å². The van der Waals surface area contributed by atoms with Crippen molar-refractivity contribution in [3.8, 4) is 16.9 Å². The summed E-state index contributed by atoms with van der Waals surface area (Å²) in [5.41, 5.74) is 4.65. The van der Waals surface area contributed by atoms with Gasteiger partial charge in [0.05, 0.1) is 18.8 Å². The average molecular weight is 581 g/mol. The molecule has 0 fully saturated rings. The van der Waals surface area contributed by atoms with Crippen LogP contribution in [0.5, 0.6) is 5.75 Å². The number of β-amino-alcohol motifs (C(OH)–C–C–N with tert-alkyl or cyclic N) is 1. The monoisotopic (exact) mass is 580 g/mol. The van der Waals surface area contributed by atoms with Gasteiger partial charge in [-0.05, 0) is 92.0 Å². The van der Waals surface area contributed by atoms with Crippen LogP contribution in [-0.4, -0.2) is 67.8 Å². The van der Waals surface area contributed by atoms with Crippen LogP contribution in [0.2, 0.25) is 0 Å². The molecule has 0 radical (unpaired) electrons. The third-order valence-electron chi connectivity index (χ3n) is 7.86. The van der Waals surface area contributed by atoms with Crippen molar-refractivity contribution in [2.24, 2.45) is 5.92 Å². The Morgan fingerprint density at radius 3 is 2.27 bits per heavy atom. The predicted molar refractivity (Wildman–Crippen MR) is 160 cm³/mol. The van der Waals surface area contributed by atoms with Crippen molar-refractivity contribution >= 4 is 16.0 Å². The maximum Gasteiger partial charge on any atom is 0.335 e. The molecule has 0 heterocycles. The van der Waals surface area contributed by atoms with Gasteiger partial charge < -0.3 is 20.3 Å². The van der Waals surface area contributed by atoms with Crippen LogP contribution < -0.4 is 10.1 Å². The second-order valence-corrected chi connectivity index (χ2v) is 13.7. The zero-order chi connectivity index (χ0) is 29.9. The third kappa shape index (κ3) is 7.16. The molecule has 0 saturated heterocycles. The van der Waals surface area contributed by atoms with Gasteiger partial charge in [0.2, 0.25) is 10.0 Å². The molecule has 0 aromatic heterocycles. The molecule has 0 bridgehead atoms. The molecule has 41 heavy (non-hydrogen) atoms. The number of aryl methyl sites for hydroxylation is 1. The summed E-state index contributed by atoms with van der Waals surface area (Å²) >= 11 is 0. The van der Waals surface area contributed by atoms with Gasteiger partial charge in [-0.15, -0.1) is 0 Å². The first kappa shape index (κ1) is 30.7. The molecule has 3 aromatic rings. The number of carbonyl (C=O) groups is 1.